The Hall–Kier alpha value is 2.27. The SMILES string of the molecule is BrC(Br)SC(Br)Br. The monoisotopic (exact) mass is 374 g/mol. The van der Waals surface area contributed by atoms with E-state index in [-0.39, 0.29) is 0 Å². The van der Waals surface area contributed by atoms with Gasteiger partial charge in [-0.1, -0.05) is 63.7 Å². The summed E-state index contributed by atoms with van der Waals surface area (Å²) in [6, 6.07) is 0. The van der Waals surface area contributed by atoms with E-state index < -0.39 is 0 Å². The highest BCUT2D eigenvalue weighted by Crippen LogP contribution is 2.33. The zero-order valence-corrected chi connectivity index (χ0v) is 10.2. The van der Waals surface area contributed by atoms with E-state index in [0.717, 1.165) is 0 Å². The second kappa shape index (κ2) is 5.09. The zero-order chi connectivity index (χ0) is 5.86. The van der Waals surface area contributed by atoms with Gasteiger partial charge < -0.3 is 0 Å². The van der Waals surface area contributed by atoms with Crippen LogP contribution in [0.5, 0.6) is 0 Å². The van der Waals surface area contributed by atoms with E-state index in [0.29, 0.717) is 6.14 Å². The first-order valence-electron chi connectivity index (χ1n) is 1.34. The van der Waals surface area contributed by atoms with Gasteiger partial charge in [-0.3, -0.25) is 0 Å². The van der Waals surface area contributed by atoms with Gasteiger partial charge in [0, 0.05) is 0 Å². The van der Waals surface area contributed by atoms with Crippen LogP contribution < -0.4 is 0 Å². The van der Waals surface area contributed by atoms with E-state index in [9.17, 15) is 0 Å². The van der Waals surface area contributed by atoms with Crippen LogP contribution in [-0.4, -0.2) is 6.14 Å². The Morgan fingerprint density at radius 3 is 1.14 bits per heavy atom. The second-order valence-electron chi connectivity index (χ2n) is 0.657. The minimum Gasteiger partial charge on any atom is -0.109 e. The van der Waals surface area contributed by atoms with Crippen molar-refractivity contribution in [1.82, 2.24) is 0 Å². The van der Waals surface area contributed by atoms with Gasteiger partial charge in [0.25, 0.3) is 0 Å². The summed E-state index contributed by atoms with van der Waals surface area (Å²) in [6.07, 6.45) is 0. The molecule has 0 rings (SSSR count). The highest BCUT2D eigenvalue weighted by atomic mass is 79.9. The summed E-state index contributed by atoms with van der Waals surface area (Å²) in [5.41, 5.74) is 0. The average Bonchev–Trinajstić information content (AvgIpc) is 1.27. The van der Waals surface area contributed by atoms with E-state index in [1.807, 2.05) is 0 Å². The molecule has 0 N–H and O–H groups in total. The first kappa shape index (κ1) is 9.27. The molecule has 0 aromatic carbocycles. The molecule has 0 saturated carbocycles. The minimum atomic E-state index is 0.323. The Labute approximate surface area is 80.7 Å². The van der Waals surface area contributed by atoms with Crippen molar-refractivity contribution in [2.75, 3.05) is 0 Å². The number of hydrogen-bond acceptors (Lipinski definition) is 1. The Morgan fingerprint density at radius 2 is 1.14 bits per heavy atom. The maximum atomic E-state index is 3.29. The third-order valence-electron chi connectivity index (χ3n) is 0.206. The summed E-state index contributed by atoms with van der Waals surface area (Å²) in [5.74, 6) is 0. The molecule has 0 atom stereocenters. The van der Waals surface area contributed by atoms with Crippen LogP contribution in [0.25, 0.3) is 0 Å². The van der Waals surface area contributed by atoms with Gasteiger partial charge in [0.2, 0.25) is 0 Å². The molecule has 0 aromatic rings. The lowest BCUT2D eigenvalue weighted by Crippen LogP contribution is -1.79. The molecule has 0 aliphatic carbocycles. The molecule has 0 radical (unpaired) electrons. The van der Waals surface area contributed by atoms with Crippen LogP contribution in [0.4, 0.5) is 0 Å². The summed E-state index contributed by atoms with van der Waals surface area (Å²) in [4.78, 5) is 0. The Bertz CT molecular complexity index is 39.0. The van der Waals surface area contributed by atoms with E-state index >= 15 is 0 Å². The van der Waals surface area contributed by atoms with E-state index in [2.05, 4.69) is 63.7 Å². The molecule has 0 nitrogen and oxygen atoms in total. The molecule has 0 spiro atoms. The van der Waals surface area contributed by atoms with Crippen molar-refractivity contribution in [3.8, 4) is 0 Å². The van der Waals surface area contributed by atoms with Crippen LogP contribution in [0.3, 0.4) is 0 Å². The standard InChI is InChI=1S/C2H2Br4S/c3-1(4)7-2(5)6/h1-2H. The van der Waals surface area contributed by atoms with Gasteiger partial charge in [0.15, 0.2) is 0 Å². The van der Waals surface area contributed by atoms with Gasteiger partial charge >= 0.3 is 0 Å². The number of rotatable bonds is 2. The van der Waals surface area contributed by atoms with Crippen molar-refractivity contribution < 1.29 is 0 Å². The fraction of sp³-hybridized carbons (Fsp3) is 1.00. The first-order chi connectivity index (χ1) is 3.13. The number of thioether (sulfide) groups is 1. The van der Waals surface area contributed by atoms with E-state index in [4.69, 9.17) is 0 Å². The molecule has 44 valence electrons. The lowest BCUT2D eigenvalue weighted by atomic mass is 11.9. The van der Waals surface area contributed by atoms with Gasteiger partial charge in [0.05, 0.1) is 0 Å². The Balaban J connectivity index is 2.95. The van der Waals surface area contributed by atoms with Crippen LogP contribution in [0.2, 0.25) is 0 Å². The van der Waals surface area contributed by atoms with Gasteiger partial charge in [-0.05, 0) is 0 Å². The van der Waals surface area contributed by atoms with Gasteiger partial charge in [-0.15, -0.1) is 11.8 Å². The lowest BCUT2D eigenvalue weighted by Gasteiger charge is -1.99. The van der Waals surface area contributed by atoms with Crippen molar-refractivity contribution in [3.63, 3.8) is 0 Å². The number of alkyl halides is 4. The quantitative estimate of drug-likeness (QED) is 0.658. The molecule has 0 amide bonds. The molecule has 0 bridgehead atoms. The lowest BCUT2D eigenvalue weighted by molar-refractivity contribution is 2.08. The van der Waals surface area contributed by atoms with Crippen LogP contribution >= 0.6 is 75.5 Å². The smallest absolute Gasteiger partial charge is 0.109 e. The summed E-state index contributed by atoms with van der Waals surface area (Å²) < 4.78 is 0.646. The van der Waals surface area contributed by atoms with Crippen molar-refractivity contribution >= 4 is 75.5 Å². The normalized spacial score (nSPS) is 11.1. The third-order valence-corrected chi connectivity index (χ3v) is 3.21. The molecule has 0 saturated heterocycles. The van der Waals surface area contributed by atoms with Gasteiger partial charge in [-0.25, -0.2) is 0 Å². The van der Waals surface area contributed by atoms with Crippen LogP contribution in [0, 0.1) is 0 Å². The zero-order valence-electron chi connectivity index (χ0n) is 3.07. The number of halogens is 4. The minimum absolute atomic E-state index is 0.323. The largest absolute Gasteiger partial charge is 0.117 e. The molecule has 0 heterocycles. The van der Waals surface area contributed by atoms with Gasteiger partial charge in [0.1, 0.15) is 6.14 Å². The fourth-order valence-corrected chi connectivity index (χ4v) is 6.30. The molecule has 0 aromatic heterocycles. The first-order valence-corrected chi connectivity index (χ1v) is 5.95. The fourth-order valence-electron chi connectivity index (χ4n) is 0.0778. The van der Waals surface area contributed by atoms with Crippen molar-refractivity contribution in [3.05, 3.63) is 0 Å². The predicted molar refractivity (Wildman–Crippen MR) is 50.9 cm³/mol. The Kier molecular flexibility index (Phi) is 6.74. The highest BCUT2D eigenvalue weighted by Gasteiger charge is 2.02. The summed E-state index contributed by atoms with van der Waals surface area (Å²) in [5, 5.41) is 0. The molecular weight excluding hydrogens is 376 g/mol. The third kappa shape index (κ3) is 8.27. The molecule has 0 fully saturated rings. The summed E-state index contributed by atoms with van der Waals surface area (Å²) in [7, 11) is 0. The van der Waals surface area contributed by atoms with Crippen molar-refractivity contribution in [1.29, 1.82) is 0 Å². The summed E-state index contributed by atoms with van der Waals surface area (Å²) in [6.45, 7) is 0. The predicted octanol–water partition coefficient (Wildman–Crippen LogP) is 3.87. The van der Waals surface area contributed by atoms with Crippen LogP contribution in [0.1, 0.15) is 0 Å². The highest BCUT2D eigenvalue weighted by molar-refractivity contribution is 9.30. The van der Waals surface area contributed by atoms with Crippen molar-refractivity contribution in [2.24, 2.45) is 0 Å². The molecular formula is C2H2Br4S. The van der Waals surface area contributed by atoms with Gasteiger partial charge in [-0.2, -0.15) is 0 Å². The van der Waals surface area contributed by atoms with E-state index in [1.165, 1.54) is 0 Å². The maximum Gasteiger partial charge on any atom is 0.117 e. The topological polar surface area (TPSA) is 0 Å². The molecule has 0 aliphatic rings. The number of hydrogen-bond donors (Lipinski definition) is 0. The molecule has 0 unspecified atom stereocenters. The maximum absolute atomic E-state index is 3.29. The molecule has 5 heteroatoms. The van der Waals surface area contributed by atoms with Crippen LogP contribution in [-0.2, 0) is 0 Å². The molecule has 7 heavy (non-hydrogen) atoms. The van der Waals surface area contributed by atoms with E-state index in [1.54, 1.807) is 11.8 Å². The Morgan fingerprint density at radius 1 is 0.857 bits per heavy atom. The summed E-state index contributed by atoms with van der Waals surface area (Å²) >= 11 is 14.9. The molecule has 0 aliphatic heterocycles. The van der Waals surface area contributed by atoms with Crippen molar-refractivity contribution in [2.45, 2.75) is 6.14 Å². The van der Waals surface area contributed by atoms with Crippen LogP contribution in [0.15, 0.2) is 0 Å². The second-order valence-corrected chi connectivity index (χ2v) is 10.4. The average molecular weight is 378 g/mol.